The molecule has 0 N–H and O–H groups in total. The van der Waals surface area contributed by atoms with Gasteiger partial charge < -0.3 is 0 Å². The highest BCUT2D eigenvalue weighted by atomic mass is 32.3. The first-order valence-corrected chi connectivity index (χ1v) is 3.66. The lowest BCUT2D eigenvalue weighted by atomic mass is 10.9. The average Bonchev–Trinajstić information content (AvgIpc) is 1.84. The molecule has 0 saturated heterocycles. The molecule has 58 valence electrons. The summed E-state index contributed by atoms with van der Waals surface area (Å²) in [6.45, 7) is 1.45. The Hall–Kier alpha value is -0.770. The fourth-order valence-corrected chi connectivity index (χ4v) is 0.676. The van der Waals surface area contributed by atoms with E-state index in [1.807, 2.05) is 0 Å². The van der Waals surface area contributed by atoms with E-state index in [9.17, 15) is 8.42 Å². The van der Waals surface area contributed by atoms with Gasteiger partial charge in [-0.1, -0.05) is 6.42 Å². The lowest BCUT2D eigenvalue weighted by Crippen LogP contribution is -2.08. The normalized spacial score (nSPS) is 10.4. The maximum absolute atomic E-state index is 10.3. The molecule has 0 fully saturated rings. The van der Waals surface area contributed by atoms with Crippen LogP contribution in [0.5, 0.6) is 0 Å². The summed E-state index contributed by atoms with van der Waals surface area (Å²) >= 11 is 0. The standard InChI is InChI=1S/C4H6O5S/c1-3-7-9-10(5,6)8-4-2/h1H,4H2,2H3. The van der Waals surface area contributed by atoms with Gasteiger partial charge in [0.05, 0.1) is 6.61 Å². The molecular formula is C4H6O5S. The van der Waals surface area contributed by atoms with Gasteiger partial charge in [0.15, 0.2) is 6.11 Å². The third kappa shape index (κ3) is 4.14. The van der Waals surface area contributed by atoms with Crippen molar-refractivity contribution < 1.29 is 21.8 Å². The van der Waals surface area contributed by atoms with Crippen molar-refractivity contribution in [1.82, 2.24) is 0 Å². The zero-order valence-corrected chi connectivity index (χ0v) is 6.05. The molecule has 0 aliphatic rings. The predicted octanol–water partition coefficient (Wildman–Crippen LogP) is -0.193. The molecule has 0 aromatic rings. The van der Waals surface area contributed by atoms with Gasteiger partial charge in [-0.15, -0.1) is 0 Å². The quantitative estimate of drug-likeness (QED) is 0.329. The summed E-state index contributed by atoms with van der Waals surface area (Å²) in [6.07, 6.45) is 6.02. The van der Waals surface area contributed by atoms with Crippen LogP contribution in [0, 0.1) is 12.5 Å². The SMILES string of the molecule is C#COOS(=O)(=O)OCC. The summed E-state index contributed by atoms with van der Waals surface area (Å²) in [5.74, 6) is 0. The Bertz CT molecular complexity index is 210. The fraction of sp³-hybridized carbons (Fsp3) is 0.500. The second kappa shape index (κ2) is 4.11. The van der Waals surface area contributed by atoms with Gasteiger partial charge in [-0.05, 0) is 11.3 Å². The highest BCUT2D eigenvalue weighted by Crippen LogP contribution is 1.94. The summed E-state index contributed by atoms with van der Waals surface area (Å²) in [5, 5.41) is 0. The van der Waals surface area contributed by atoms with Gasteiger partial charge in [-0.25, -0.2) is 4.18 Å². The lowest BCUT2D eigenvalue weighted by Gasteiger charge is -1.97. The van der Waals surface area contributed by atoms with E-state index in [-0.39, 0.29) is 6.61 Å². The van der Waals surface area contributed by atoms with Crippen LogP contribution in [-0.2, 0) is 23.8 Å². The molecule has 0 rings (SSSR count). The van der Waals surface area contributed by atoms with E-state index in [1.165, 1.54) is 13.0 Å². The smallest absolute Gasteiger partial charge is 0.264 e. The molecule has 0 bridgehead atoms. The van der Waals surface area contributed by atoms with Crippen LogP contribution in [0.2, 0.25) is 0 Å². The third-order valence-corrected chi connectivity index (χ3v) is 1.19. The second-order valence-corrected chi connectivity index (χ2v) is 2.27. The monoisotopic (exact) mass is 166 g/mol. The molecule has 0 aromatic carbocycles. The van der Waals surface area contributed by atoms with E-state index in [4.69, 9.17) is 0 Å². The van der Waals surface area contributed by atoms with Crippen LogP contribution >= 0.6 is 0 Å². The van der Waals surface area contributed by atoms with Gasteiger partial charge in [0, 0.05) is 0 Å². The Morgan fingerprint density at radius 1 is 1.60 bits per heavy atom. The van der Waals surface area contributed by atoms with Crippen LogP contribution in [0.25, 0.3) is 0 Å². The summed E-state index contributed by atoms with van der Waals surface area (Å²) in [4.78, 5) is 3.67. The molecule has 10 heavy (non-hydrogen) atoms. The first kappa shape index (κ1) is 9.23. The summed E-state index contributed by atoms with van der Waals surface area (Å²) < 4.78 is 28.3. The second-order valence-electron chi connectivity index (χ2n) is 1.08. The number of hydrogen-bond acceptors (Lipinski definition) is 5. The fourth-order valence-electron chi connectivity index (χ4n) is 0.225. The molecule has 0 heterocycles. The van der Waals surface area contributed by atoms with Crippen molar-refractivity contribution in [3.05, 3.63) is 0 Å². The van der Waals surface area contributed by atoms with E-state index in [2.05, 4.69) is 19.8 Å². The van der Waals surface area contributed by atoms with E-state index >= 15 is 0 Å². The Morgan fingerprint density at radius 2 is 2.20 bits per heavy atom. The summed E-state index contributed by atoms with van der Waals surface area (Å²) in [7, 11) is -4.06. The first-order valence-electron chi connectivity index (χ1n) is 2.32. The molecule has 6 heteroatoms. The minimum Gasteiger partial charge on any atom is -0.264 e. The van der Waals surface area contributed by atoms with Crippen LogP contribution in [0.15, 0.2) is 0 Å². The first-order chi connectivity index (χ1) is 4.62. The summed E-state index contributed by atoms with van der Waals surface area (Å²) in [5.41, 5.74) is 0. The highest BCUT2D eigenvalue weighted by Gasteiger charge is 2.10. The van der Waals surface area contributed by atoms with Crippen molar-refractivity contribution in [1.29, 1.82) is 0 Å². The zero-order valence-electron chi connectivity index (χ0n) is 5.23. The zero-order chi connectivity index (χ0) is 8.04. The highest BCUT2D eigenvalue weighted by molar-refractivity contribution is 7.81. The van der Waals surface area contributed by atoms with Gasteiger partial charge >= 0.3 is 10.4 Å². The summed E-state index contributed by atoms with van der Waals surface area (Å²) in [6, 6.07) is 0. The predicted molar refractivity (Wildman–Crippen MR) is 31.5 cm³/mol. The van der Waals surface area contributed by atoms with Crippen molar-refractivity contribution in [2.24, 2.45) is 0 Å². The van der Waals surface area contributed by atoms with Crippen molar-refractivity contribution in [3.8, 4) is 12.5 Å². The van der Waals surface area contributed by atoms with E-state index in [1.54, 1.807) is 0 Å². The van der Waals surface area contributed by atoms with E-state index in [0.29, 0.717) is 0 Å². The maximum atomic E-state index is 10.3. The molecule has 0 spiro atoms. The van der Waals surface area contributed by atoms with Gasteiger partial charge in [-0.2, -0.15) is 8.42 Å². The Labute approximate surface area is 59.1 Å². The molecule has 0 amide bonds. The maximum Gasteiger partial charge on any atom is 0.435 e. The molecule has 0 atom stereocenters. The van der Waals surface area contributed by atoms with Crippen LogP contribution < -0.4 is 0 Å². The van der Waals surface area contributed by atoms with Crippen molar-refractivity contribution in [2.75, 3.05) is 6.61 Å². The molecule has 0 aromatic heterocycles. The molecule has 0 aliphatic carbocycles. The topological polar surface area (TPSA) is 61.8 Å². The minimum absolute atomic E-state index is 0.0315. The van der Waals surface area contributed by atoms with Gasteiger partial charge in [0.25, 0.3) is 0 Å². The molecular weight excluding hydrogens is 160 g/mol. The van der Waals surface area contributed by atoms with Crippen LogP contribution in [0.1, 0.15) is 6.92 Å². The Kier molecular flexibility index (Phi) is 3.79. The van der Waals surface area contributed by atoms with E-state index in [0.717, 1.165) is 0 Å². The lowest BCUT2D eigenvalue weighted by molar-refractivity contribution is -0.138. The van der Waals surface area contributed by atoms with Crippen molar-refractivity contribution >= 4 is 10.4 Å². The number of rotatable bonds is 4. The largest absolute Gasteiger partial charge is 0.435 e. The molecule has 0 saturated carbocycles. The molecule has 0 unspecified atom stereocenters. The molecule has 0 aliphatic heterocycles. The third-order valence-electron chi connectivity index (χ3n) is 0.428. The number of hydrogen-bond donors (Lipinski definition) is 0. The Morgan fingerprint density at radius 3 is 2.60 bits per heavy atom. The molecule has 5 nitrogen and oxygen atoms in total. The van der Waals surface area contributed by atoms with Crippen molar-refractivity contribution in [2.45, 2.75) is 6.92 Å². The van der Waals surface area contributed by atoms with Gasteiger partial charge in [0.1, 0.15) is 0 Å². The van der Waals surface area contributed by atoms with Crippen LogP contribution in [0.4, 0.5) is 0 Å². The van der Waals surface area contributed by atoms with Gasteiger partial charge in [0.2, 0.25) is 0 Å². The van der Waals surface area contributed by atoms with Crippen molar-refractivity contribution in [3.63, 3.8) is 0 Å². The van der Waals surface area contributed by atoms with Gasteiger partial charge in [-0.3, -0.25) is 4.89 Å². The van der Waals surface area contributed by atoms with E-state index < -0.39 is 10.4 Å². The molecule has 0 radical (unpaired) electrons. The Balaban J connectivity index is 3.80. The minimum atomic E-state index is -4.06. The van der Waals surface area contributed by atoms with Crippen LogP contribution in [0.3, 0.4) is 0 Å². The average molecular weight is 166 g/mol. The van der Waals surface area contributed by atoms with Crippen LogP contribution in [-0.4, -0.2) is 15.0 Å². The number of terminal acetylenes is 1.